The van der Waals surface area contributed by atoms with Crippen LogP contribution in [0.2, 0.25) is 0 Å². The number of carbonyl (C=O) groups excluding carboxylic acids is 2. The maximum Gasteiger partial charge on any atom is 0.303 e. The smallest absolute Gasteiger partial charge is 0.303 e. The van der Waals surface area contributed by atoms with Crippen molar-refractivity contribution in [1.82, 2.24) is 4.90 Å². The van der Waals surface area contributed by atoms with E-state index >= 15 is 0 Å². The molecule has 0 fully saturated rings. The molecule has 0 aliphatic rings. The Kier molecular flexibility index (Phi) is 7.56. The standard InChI is InChI=1S/C21H24N2O5/c1-3-23(2)21(27)16-7-4-6-15(14-16)20(26)22-17-9-11-18(12-10-17)28-13-5-8-19(24)25/h4,6-7,9-12,14H,3,5,8,13H2,1-2H3,(H,22,26)(H,24,25). The minimum Gasteiger partial charge on any atom is -0.494 e. The highest BCUT2D eigenvalue weighted by Crippen LogP contribution is 2.17. The maximum atomic E-state index is 12.5. The van der Waals surface area contributed by atoms with Gasteiger partial charge in [0.15, 0.2) is 0 Å². The van der Waals surface area contributed by atoms with Crippen LogP contribution in [0.5, 0.6) is 5.75 Å². The van der Waals surface area contributed by atoms with Gasteiger partial charge in [0.05, 0.1) is 6.61 Å². The molecule has 0 saturated heterocycles. The van der Waals surface area contributed by atoms with Crippen molar-refractivity contribution in [2.24, 2.45) is 0 Å². The topological polar surface area (TPSA) is 95.9 Å². The van der Waals surface area contributed by atoms with Gasteiger partial charge in [0.1, 0.15) is 5.75 Å². The summed E-state index contributed by atoms with van der Waals surface area (Å²) in [6.07, 6.45) is 0.486. The number of aliphatic carboxylic acids is 1. The summed E-state index contributed by atoms with van der Waals surface area (Å²) in [4.78, 5) is 36.7. The number of nitrogens with zero attached hydrogens (tertiary/aromatic N) is 1. The van der Waals surface area contributed by atoms with Crippen molar-refractivity contribution in [2.75, 3.05) is 25.5 Å². The quantitative estimate of drug-likeness (QED) is 0.647. The molecule has 2 rings (SSSR count). The fourth-order valence-electron chi connectivity index (χ4n) is 2.41. The Balaban J connectivity index is 1.95. The third-order valence-corrected chi connectivity index (χ3v) is 4.11. The summed E-state index contributed by atoms with van der Waals surface area (Å²) in [5.74, 6) is -0.710. The molecule has 2 N–H and O–H groups in total. The van der Waals surface area contributed by atoms with Crippen LogP contribution < -0.4 is 10.1 Å². The first-order chi connectivity index (χ1) is 13.4. The average molecular weight is 384 g/mol. The first-order valence-corrected chi connectivity index (χ1v) is 9.02. The van der Waals surface area contributed by atoms with Gasteiger partial charge in [-0.2, -0.15) is 0 Å². The molecule has 28 heavy (non-hydrogen) atoms. The molecule has 2 aromatic carbocycles. The van der Waals surface area contributed by atoms with Crippen LogP contribution in [-0.4, -0.2) is 48.0 Å². The molecule has 0 unspecified atom stereocenters. The lowest BCUT2D eigenvalue weighted by atomic mass is 10.1. The lowest BCUT2D eigenvalue weighted by molar-refractivity contribution is -0.137. The third kappa shape index (κ3) is 6.12. The zero-order valence-electron chi connectivity index (χ0n) is 16.0. The van der Waals surface area contributed by atoms with E-state index in [1.54, 1.807) is 60.5 Å². The van der Waals surface area contributed by atoms with Gasteiger partial charge in [0.2, 0.25) is 0 Å². The van der Waals surface area contributed by atoms with Gasteiger partial charge in [-0.15, -0.1) is 0 Å². The van der Waals surface area contributed by atoms with Crippen molar-refractivity contribution in [2.45, 2.75) is 19.8 Å². The molecule has 0 spiro atoms. The number of rotatable bonds is 9. The number of carboxylic acids is 1. The minimum absolute atomic E-state index is 0.0593. The average Bonchev–Trinajstić information content (AvgIpc) is 2.71. The Bertz CT molecular complexity index is 833. The molecule has 2 aromatic rings. The van der Waals surface area contributed by atoms with Gasteiger partial charge >= 0.3 is 5.97 Å². The Morgan fingerprint density at radius 3 is 2.39 bits per heavy atom. The van der Waals surface area contributed by atoms with Gasteiger partial charge in [-0.25, -0.2) is 0 Å². The zero-order valence-corrected chi connectivity index (χ0v) is 16.0. The Morgan fingerprint density at radius 1 is 1.07 bits per heavy atom. The molecule has 0 heterocycles. The van der Waals surface area contributed by atoms with Gasteiger partial charge in [0, 0.05) is 36.8 Å². The van der Waals surface area contributed by atoms with Gasteiger partial charge in [-0.05, 0) is 55.8 Å². The second-order valence-electron chi connectivity index (χ2n) is 6.22. The van der Waals surface area contributed by atoms with E-state index in [0.29, 0.717) is 42.1 Å². The predicted molar refractivity (Wildman–Crippen MR) is 106 cm³/mol. The van der Waals surface area contributed by atoms with E-state index in [4.69, 9.17) is 9.84 Å². The summed E-state index contributed by atoms with van der Waals surface area (Å²) in [6, 6.07) is 13.4. The molecule has 0 aromatic heterocycles. The highest BCUT2D eigenvalue weighted by atomic mass is 16.5. The molecule has 0 bridgehead atoms. The highest BCUT2D eigenvalue weighted by molar-refractivity contribution is 6.06. The van der Waals surface area contributed by atoms with Crippen molar-refractivity contribution in [3.63, 3.8) is 0 Å². The number of benzene rings is 2. The Hall–Kier alpha value is -3.35. The van der Waals surface area contributed by atoms with Crippen LogP contribution in [0.15, 0.2) is 48.5 Å². The van der Waals surface area contributed by atoms with E-state index in [2.05, 4.69) is 5.32 Å². The molecule has 0 radical (unpaired) electrons. The monoisotopic (exact) mass is 384 g/mol. The lowest BCUT2D eigenvalue weighted by Crippen LogP contribution is -2.26. The van der Waals surface area contributed by atoms with E-state index < -0.39 is 5.97 Å². The van der Waals surface area contributed by atoms with E-state index in [-0.39, 0.29) is 18.2 Å². The zero-order chi connectivity index (χ0) is 20.5. The third-order valence-electron chi connectivity index (χ3n) is 4.11. The molecule has 0 aliphatic carbocycles. The van der Waals surface area contributed by atoms with E-state index in [1.165, 1.54) is 0 Å². The van der Waals surface area contributed by atoms with Crippen molar-refractivity contribution in [1.29, 1.82) is 0 Å². The van der Waals surface area contributed by atoms with Crippen LogP contribution in [0, 0.1) is 0 Å². The molecule has 7 nitrogen and oxygen atoms in total. The van der Waals surface area contributed by atoms with Crippen LogP contribution in [0.1, 0.15) is 40.5 Å². The van der Waals surface area contributed by atoms with Crippen LogP contribution in [0.4, 0.5) is 5.69 Å². The SMILES string of the molecule is CCN(C)C(=O)c1cccc(C(=O)Nc2ccc(OCCCC(=O)O)cc2)c1. The molecule has 148 valence electrons. The number of ether oxygens (including phenoxy) is 1. The number of amides is 2. The van der Waals surface area contributed by atoms with E-state index in [9.17, 15) is 14.4 Å². The largest absolute Gasteiger partial charge is 0.494 e. The second kappa shape index (κ2) is 10.1. The number of carboxylic acid groups (broad SMARTS) is 1. The molecule has 7 heteroatoms. The van der Waals surface area contributed by atoms with Gasteiger partial charge in [-0.1, -0.05) is 6.07 Å². The molecule has 0 atom stereocenters. The summed E-state index contributed by atoms with van der Waals surface area (Å²) < 4.78 is 5.46. The molecule has 2 amide bonds. The number of hydrogen-bond donors (Lipinski definition) is 2. The number of anilines is 1. The summed E-state index contributed by atoms with van der Waals surface area (Å²) in [6.45, 7) is 2.78. The van der Waals surface area contributed by atoms with Crippen molar-refractivity contribution < 1.29 is 24.2 Å². The lowest BCUT2D eigenvalue weighted by Gasteiger charge is -2.15. The summed E-state index contributed by atoms with van der Waals surface area (Å²) in [7, 11) is 1.71. The fourth-order valence-corrected chi connectivity index (χ4v) is 2.41. The summed E-state index contributed by atoms with van der Waals surface area (Å²) in [5, 5.41) is 11.4. The number of carbonyl (C=O) groups is 3. The highest BCUT2D eigenvalue weighted by Gasteiger charge is 2.13. The maximum absolute atomic E-state index is 12.5. The number of nitrogens with one attached hydrogen (secondary N) is 1. The van der Waals surface area contributed by atoms with Crippen molar-refractivity contribution >= 4 is 23.5 Å². The minimum atomic E-state index is -0.853. The normalized spacial score (nSPS) is 10.2. The predicted octanol–water partition coefficient (Wildman–Crippen LogP) is 3.27. The van der Waals surface area contributed by atoms with E-state index in [1.807, 2.05) is 6.92 Å². The van der Waals surface area contributed by atoms with Gasteiger partial charge < -0.3 is 20.1 Å². The first-order valence-electron chi connectivity index (χ1n) is 9.02. The van der Waals surface area contributed by atoms with Crippen LogP contribution >= 0.6 is 0 Å². The molecular weight excluding hydrogens is 360 g/mol. The van der Waals surface area contributed by atoms with E-state index in [0.717, 1.165) is 0 Å². The Morgan fingerprint density at radius 2 is 1.75 bits per heavy atom. The van der Waals surface area contributed by atoms with Crippen molar-refractivity contribution in [3.05, 3.63) is 59.7 Å². The fraction of sp³-hybridized carbons (Fsp3) is 0.286. The van der Waals surface area contributed by atoms with Crippen LogP contribution in [-0.2, 0) is 4.79 Å². The van der Waals surface area contributed by atoms with Gasteiger partial charge in [-0.3, -0.25) is 14.4 Å². The first kappa shape index (κ1) is 21.0. The molecule has 0 saturated carbocycles. The van der Waals surface area contributed by atoms with Crippen molar-refractivity contribution in [3.8, 4) is 5.75 Å². The number of hydrogen-bond acceptors (Lipinski definition) is 4. The Labute approximate surface area is 163 Å². The summed E-state index contributed by atoms with van der Waals surface area (Å²) >= 11 is 0. The van der Waals surface area contributed by atoms with Gasteiger partial charge in [0.25, 0.3) is 11.8 Å². The summed E-state index contributed by atoms with van der Waals surface area (Å²) in [5.41, 5.74) is 1.44. The molecule has 0 aliphatic heterocycles. The second-order valence-corrected chi connectivity index (χ2v) is 6.22. The van der Waals surface area contributed by atoms with Crippen LogP contribution in [0.3, 0.4) is 0 Å². The molecular formula is C21H24N2O5. The van der Waals surface area contributed by atoms with Crippen LogP contribution in [0.25, 0.3) is 0 Å².